The number of ketones is 2. The maximum Gasteiger partial charge on any atom is 0.229 e. The van der Waals surface area contributed by atoms with E-state index in [4.69, 9.17) is 0 Å². The van der Waals surface area contributed by atoms with Crippen molar-refractivity contribution in [1.29, 1.82) is 0 Å². The fraction of sp³-hybridized carbons (Fsp3) is 0.167. The molecule has 0 radical (unpaired) electrons. The molecule has 2 aromatic carbocycles. The molecule has 0 fully saturated rings. The molecule has 0 atom stereocenters. The van der Waals surface area contributed by atoms with Crippen molar-refractivity contribution in [2.24, 2.45) is 0 Å². The fourth-order valence-corrected chi connectivity index (χ4v) is 3.85. The van der Waals surface area contributed by atoms with Crippen LogP contribution in [0.25, 0.3) is 22.5 Å². The maximum atomic E-state index is 13.2. The van der Waals surface area contributed by atoms with Gasteiger partial charge in [0.15, 0.2) is 0 Å². The van der Waals surface area contributed by atoms with E-state index in [0.717, 1.165) is 26.6 Å². The first kappa shape index (κ1) is 22.5. The number of rotatable bonds is 6. The lowest BCUT2D eigenvalue weighted by Gasteiger charge is -2.19. The Morgan fingerprint density at radius 3 is 1.78 bits per heavy atom. The lowest BCUT2D eigenvalue weighted by atomic mass is 9.98. The van der Waals surface area contributed by atoms with E-state index in [0.29, 0.717) is 17.9 Å². The van der Waals surface area contributed by atoms with Crippen LogP contribution >= 0.6 is 31.9 Å². The molecule has 162 valence electrons. The summed E-state index contributed by atoms with van der Waals surface area (Å²) in [6.45, 7) is 1.27. The van der Waals surface area contributed by atoms with Crippen LogP contribution in [0.15, 0.2) is 69.2 Å². The molecule has 1 aliphatic rings. The van der Waals surface area contributed by atoms with Gasteiger partial charge in [-0.2, -0.15) is 0 Å². The minimum atomic E-state index is -0.333. The molecule has 6 nitrogen and oxygen atoms in total. The summed E-state index contributed by atoms with van der Waals surface area (Å²) in [5, 5.41) is 3.06. The Hall–Kier alpha value is -2.68. The smallest absolute Gasteiger partial charge is 0.229 e. The quantitative estimate of drug-likeness (QED) is 0.473. The van der Waals surface area contributed by atoms with E-state index in [1.807, 2.05) is 67.5 Å². The summed E-state index contributed by atoms with van der Waals surface area (Å²) < 4.78 is 1.86. The Morgan fingerprint density at radius 2 is 1.28 bits per heavy atom. The predicted octanol–water partition coefficient (Wildman–Crippen LogP) is 4.75. The van der Waals surface area contributed by atoms with Gasteiger partial charge >= 0.3 is 0 Å². The lowest BCUT2D eigenvalue weighted by molar-refractivity contribution is 0.0970. The number of carbonyl (C=O) groups excluding carboxylic acids is 2. The molecule has 1 N–H and O–H groups in total. The highest BCUT2D eigenvalue weighted by Crippen LogP contribution is 2.33. The second-order valence-electron chi connectivity index (χ2n) is 7.61. The summed E-state index contributed by atoms with van der Waals surface area (Å²) in [7, 11) is 3.89. The van der Waals surface area contributed by atoms with Gasteiger partial charge in [-0.25, -0.2) is 9.97 Å². The summed E-state index contributed by atoms with van der Waals surface area (Å²) in [5.74, 6) is -0.660. The SMILES string of the molecule is CN(C)CCNC1=CC(=O)c2nc(-c3ccc(Br)cc3)c(-c3ccc(Br)cc3)nc2C1=O. The third-order valence-electron chi connectivity index (χ3n) is 4.97. The van der Waals surface area contributed by atoms with Gasteiger partial charge < -0.3 is 10.2 Å². The van der Waals surface area contributed by atoms with E-state index >= 15 is 0 Å². The molecule has 0 spiro atoms. The summed E-state index contributed by atoms with van der Waals surface area (Å²) in [6, 6.07) is 15.2. The van der Waals surface area contributed by atoms with Crippen LogP contribution in [0.5, 0.6) is 0 Å². The molecule has 0 unspecified atom stereocenters. The van der Waals surface area contributed by atoms with Crippen molar-refractivity contribution in [3.05, 3.63) is 80.6 Å². The largest absolute Gasteiger partial charge is 0.380 e. The van der Waals surface area contributed by atoms with Crippen LogP contribution in [0.2, 0.25) is 0 Å². The Bertz CT molecular complexity index is 1220. The highest BCUT2D eigenvalue weighted by atomic mass is 79.9. The third kappa shape index (κ3) is 4.72. The predicted molar refractivity (Wildman–Crippen MR) is 132 cm³/mol. The van der Waals surface area contributed by atoms with Crippen LogP contribution in [0.3, 0.4) is 0 Å². The van der Waals surface area contributed by atoms with E-state index in [1.165, 1.54) is 6.08 Å². The average molecular weight is 556 g/mol. The van der Waals surface area contributed by atoms with Crippen molar-refractivity contribution in [2.45, 2.75) is 0 Å². The molecular formula is C24H20Br2N4O2. The number of carbonyl (C=O) groups is 2. The van der Waals surface area contributed by atoms with Crippen molar-refractivity contribution in [1.82, 2.24) is 20.2 Å². The maximum absolute atomic E-state index is 13.2. The molecule has 1 aliphatic carbocycles. The lowest BCUT2D eigenvalue weighted by Crippen LogP contribution is -2.33. The van der Waals surface area contributed by atoms with Crippen LogP contribution in [-0.4, -0.2) is 53.6 Å². The second kappa shape index (κ2) is 9.44. The van der Waals surface area contributed by atoms with Gasteiger partial charge in [0.05, 0.1) is 17.1 Å². The summed E-state index contributed by atoms with van der Waals surface area (Å²) in [6.07, 6.45) is 1.32. The van der Waals surface area contributed by atoms with Crippen LogP contribution < -0.4 is 5.32 Å². The highest BCUT2D eigenvalue weighted by Gasteiger charge is 2.30. The Morgan fingerprint density at radius 1 is 0.781 bits per heavy atom. The molecule has 1 aromatic heterocycles. The van der Waals surface area contributed by atoms with Crippen LogP contribution in [-0.2, 0) is 0 Å². The first-order valence-electron chi connectivity index (χ1n) is 9.96. The summed E-state index contributed by atoms with van der Waals surface area (Å²) in [5.41, 5.74) is 3.11. The number of hydrogen-bond donors (Lipinski definition) is 1. The Balaban J connectivity index is 1.83. The van der Waals surface area contributed by atoms with Gasteiger partial charge in [-0.1, -0.05) is 56.1 Å². The normalized spacial score (nSPS) is 13.2. The summed E-state index contributed by atoms with van der Waals surface area (Å²) in [4.78, 5) is 37.4. The van der Waals surface area contributed by atoms with Gasteiger partial charge in [-0.3, -0.25) is 9.59 Å². The molecule has 0 amide bonds. The van der Waals surface area contributed by atoms with Crippen molar-refractivity contribution in [2.75, 3.05) is 27.2 Å². The number of likely N-dealkylation sites (N-methyl/N-ethyl adjacent to an activating group) is 1. The minimum Gasteiger partial charge on any atom is -0.380 e. The first-order chi connectivity index (χ1) is 15.3. The fourth-order valence-electron chi connectivity index (χ4n) is 3.32. The first-order valence-corrected chi connectivity index (χ1v) is 11.6. The van der Waals surface area contributed by atoms with Gasteiger partial charge in [0, 0.05) is 39.2 Å². The molecule has 32 heavy (non-hydrogen) atoms. The number of nitrogens with one attached hydrogen (secondary N) is 1. The van der Waals surface area contributed by atoms with Crippen LogP contribution in [0.1, 0.15) is 21.0 Å². The molecule has 0 bridgehead atoms. The second-order valence-corrected chi connectivity index (χ2v) is 9.44. The number of fused-ring (bicyclic) bond motifs is 1. The number of benzene rings is 2. The van der Waals surface area contributed by atoms with Gasteiger partial charge in [0.1, 0.15) is 11.4 Å². The van der Waals surface area contributed by atoms with E-state index in [2.05, 4.69) is 47.1 Å². The molecule has 0 saturated heterocycles. The molecule has 4 rings (SSSR count). The zero-order valence-corrected chi connectivity index (χ0v) is 20.7. The molecule has 0 aliphatic heterocycles. The van der Waals surface area contributed by atoms with Crippen molar-refractivity contribution in [3.63, 3.8) is 0 Å². The Kier molecular flexibility index (Phi) is 6.64. The van der Waals surface area contributed by atoms with Crippen LogP contribution in [0, 0.1) is 0 Å². The monoisotopic (exact) mass is 554 g/mol. The van der Waals surface area contributed by atoms with Crippen LogP contribution in [0.4, 0.5) is 0 Å². The number of allylic oxidation sites excluding steroid dienone is 2. The van der Waals surface area contributed by atoms with Gasteiger partial charge in [-0.15, -0.1) is 0 Å². The van der Waals surface area contributed by atoms with Crippen molar-refractivity contribution >= 4 is 43.4 Å². The number of hydrogen-bond acceptors (Lipinski definition) is 6. The van der Waals surface area contributed by atoms with Crippen molar-refractivity contribution < 1.29 is 9.59 Å². The number of halogens is 2. The van der Waals surface area contributed by atoms with Gasteiger partial charge in [0.2, 0.25) is 11.6 Å². The average Bonchev–Trinajstić information content (AvgIpc) is 2.77. The Labute approximate surface area is 203 Å². The van der Waals surface area contributed by atoms with E-state index in [9.17, 15) is 9.59 Å². The molecular weight excluding hydrogens is 536 g/mol. The van der Waals surface area contributed by atoms with Gasteiger partial charge in [-0.05, 0) is 38.4 Å². The van der Waals surface area contributed by atoms with E-state index in [-0.39, 0.29) is 28.7 Å². The molecule has 0 saturated carbocycles. The molecule has 1 heterocycles. The van der Waals surface area contributed by atoms with E-state index in [1.54, 1.807) is 0 Å². The molecule has 8 heteroatoms. The minimum absolute atomic E-state index is 0.0728. The van der Waals surface area contributed by atoms with Crippen molar-refractivity contribution in [3.8, 4) is 22.5 Å². The number of aromatic nitrogens is 2. The zero-order valence-electron chi connectivity index (χ0n) is 17.5. The highest BCUT2D eigenvalue weighted by molar-refractivity contribution is 9.10. The number of nitrogens with zero attached hydrogens (tertiary/aromatic N) is 3. The standard InChI is InChI=1S/C24H20Br2N4O2/c1-30(2)12-11-27-18-13-19(31)22-23(24(18)32)29-21(15-5-9-17(26)10-6-15)20(28-22)14-3-7-16(25)8-4-14/h3-10,13,27H,11-12H2,1-2H3. The van der Waals surface area contributed by atoms with Gasteiger partial charge in [0.25, 0.3) is 0 Å². The topological polar surface area (TPSA) is 75.2 Å². The summed E-state index contributed by atoms with van der Waals surface area (Å²) >= 11 is 6.89. The third-order valence-corrected chi connectivity index (χ3v) is 6.03. The van der Waals surface area contributed by atoms with E-state index < -0.39 is 0 Å². The number of Topliss-reactive ketones (excluding diaryl/α,β-unsaturated/α-hetero) is 1. The molecule has 3 aromatic rings. The zero-order chi connectivity index (χ0) is 22.8.